The second-order valence-electron chi connectivity index (χ2n) is 9.47. The predicted molar refractivity (Wildman–Crippen MR) is 176 cm³/mol. The average molecular weight is 521 g/mol. The summed E-state index contributed by atoms with van der Waals surface area (Å²) in [4.78, 5) is 0. The van der Waals surface area contributed by atoms with Crippen LogP contribution in [0.4, 0.5) is 11.4 Å². The molecule has 40 heavy (non-hydrogen) atoms. The van der Waals surface area contributed by atoms with Crippen LogP contribution in [-0.2, 0) is 6.42 Å². The lowest BCUT2D eigenvalue weighted by Crippen LogP contribution is -2.00. The standard InChI is InChI=1S/C38H36N2/c1-5-6-9-14-29(2)30(3)27-35(34-21-24-38-36(28-34)18-13-7-10-15-31(4)40-38)25-26-39-37-22-19-33(20-23-37)32-16-11-8-12-17-32/h5-17,19-28,39-40H,2-4,18H2,1H3/b6-5-,13-7-,14-9-,15-10-,26-25-,35-27+. The molecule has 0 unspecified atom stereocenters. The number of benzene rings is 3. The molecule has 0 radical (unpaired) electrons. The molecule has 0 saturated carbocycles. The van der Waals surface area contributed by atoms with E-state index in [-0.39, 0.29) is 0 Å². The molecule has 4 rings (SSSR count). The van der Waals surface area contributed by atoms with E-state index >= 15 is 0 Å². The zero-order chi connectivity index (χ0) is 28.2. The molecule has 2 heteroatoms. The maximum absolute atomic E-state index is 4.29. The van der Waals surface area contributed by atoms with Crippen molar-refractivity contribution in [2.45, 2.75) is 13.3 Å². The third kappa shape index (κ3) is 7.96. The van der Waals surface area contributed by atoms with Crippen molar-refractivity contribution in [2.75, 3.05) is 10.6 Å². The van der Waals surface area contributed by atoms with Crippen molar-refractivity contribution in [3.63, 3.8) is 0 Å². The van der Waals surface area contributed by atoms with E-state index in [2.05, 4.69) is 121 Å². The first-order valence-electron chi connectivity index (χ1n) is 13.4. The van der Waals surface area contributed by atoms with Gasteiger partial charge in [-0.15, -0.1) is 0 Å². The molecule has 0 amide bonds. The van der Waals surface area contributed by atoms with Crippen molar-refractivity contribution in [3.05, 3.63) is 187 Å². The Labute approximate surface area is 239 Å². The van der Waals surface area contributed by atoms with Crippen molar-refractivity contribution in [1.29, 1.82) is 0 Å². The highest BCUT2D eigenvalue weighted by molar-refractivity contribution is 5.80. The van der Waals surface area contributed by atoms with Gasteiger partial charge in [0.25, 0.3) is 0 Å². The first-order chi connectivity index (χ1) is 19.5. The largest absolute Gasteiger partial charge is 0.362 e. The van der Waals surface area contributed by atoms with Gasteiger partial charge in [0, 0.05) is 23.3 Å². The molecule has 2 N–H and O–H groups in total. The Morgan fingerprint density at radius 2 is 1.62 bits per heavy atom. The summed E-state index contributed by atoms with van der Waals surface area (Å²) in [5, 5.41) is 6.84. The van der Waals surface area contributed by atoms with Crippen LogP contribution in [0.25, 0.3) is 16.7 Å². The number of fused-ring (bicyclic) bond motifs is 1. The lowest BCUT2D eigenvalue weighted by molar-refractivity contribution is 1.26. The molecule has 0 saturated heterocycles. The molecule has 1 heterocycles. The zero-order valence-electron chi connectivity index (χ0n) is 23.1. The summed E-state index contributed by atoms with van der Waals surface area (Å²) in [6, 6.07) is 25.3. The molecule has 0 atom stereocenters. The van der Waals surface area contributed by atoms with Crippen LogP contribution in [0.2, 0.25) is 0 Å². The normalized spacial score (nSPS) is 15.2. The average Bonchev–Trinajstić information content (AvgIpc) is 3.06. The summed E-state index contributed by atoms with van der Waals surface area (Å²) in [5.74, 6) is 0. The first-order valence-corrected chi connectivity index (χ1v) is 13.4. The van der Waals surface area contributed by atoms with Crippen LogP contribution in [-0.4, -0.2) is 0 Å². The van der Waals surface area contributed by atoms with Gasteiger partial charge in [0.2, 0.25) is 0 Å². The van der Waals surface area contributed by atoms with Crippen molar-refractivity contribution >= 4 is 16.9 Å². The molecule has 198 valence electrons. The smallest absolute Gasteiger partial charge is 0.0420 e. The molecule has 2 nitrogen and oxygen atoms in total. The third-order valence-corrected chi connectivity index (χ3v) is 6.46. The second kappa shape index (κ2) is 14.2. The van der Waals surface area contributed by atoms with E-state index in [1.165, 1.54) is 16.7 Å². The minimum Gasteiger partial charge on any atom is -0.362 e. The SMILES string of the molecule is C=C1/C=C\C=C/Cc2cc(C(/C=C\Nc3ccc(-c4ccccc4)cc3)=C/C(=C)C(=C)/C=C\C=C/C)ccc2N1. The minimum absolute atomic E-state index is 0.816. The van der Waals surface area contributed by atoms with E-state index in [1.807, 2.05) is 55.6 Å². The maximum atomic E-state index is 4.29. The number of anilines is 2. The summed E-state index contributed by atoms with van der Waals surface area (Å²) in [6.45, 7) is 14.6. The monoisotopic (exact) mass is 520 g/mol. The topological polar surface area (TPSA) is 24.1 Å². The Morgan fingerprint density at radius 1 is 0.850 bits per heavy atom. The van der Waals surface area contributed by atoms with Crippen LogP contribution in [0.1, 0.15) is 18.1 Å². The second-order valence-corrected chi connectivity index (χ2v) is 9.47. The van der Waals surface area contributed by atoms with Crippen LogP contribution < -0.4 is 10.6 Å². The Hall–Kier alpha value is -5.08. The molecule has 1 aliphatic rings. The minimum atomic E-state index is 0.816. The molecule has 0 bridgehead atoms. The van der Waals surface area contributed by atoms with Crippen LogP contribution in [0.5, 0.6) is 0 Å². The molecular weight excluding hydrogens is 484 g/mol. The molecule has 0 aliphatic carbocycles. The Balaban J connectivity index is 1.60. The fourth-order valence-corrected chi connectivity index (χ4v) is 4.24. The summed E-state index contributed by atoms with van der Waals surface area (Å²) in [7, 11) is 0. The van der Waals surface area contributed by atoms with Gasteiger partial charge in [-0.25, -0.2) is 0 Å². The first kappa shape index (κ1) is 27.9. The van der Waals surface area contributed by atoms with E-state index in [1.54, 1.807) is 0 Å². The highest BCUT2D eigenvalue weighted by Gasteiger charge is 2.08. The van der Waals surface area contributed by atoms with Gasteiger partial charge < -0.3 is 10.6 Å². The van der Waals surface area contributed by atoms with Crippen molar-refractivity contribution < 1.29 is 0 Å². The molecule has 1 aliphatic heterocycles. The Kier molecular flexibility index (Phi) is 9.90. The van der Waals surface area contributed by atoms with Crippen LogP contribution in [0.3, 0.4) is 0 Å². The fraction of sp³-hybridized carbons (Fsp3) is 0.0526. The van der Waals surface area contributed by atoms with E-state index in [0.29, 0.717) is 0 Å². The molecule has 0 spiro atoms. The molecule has 3 aromatic rings. The van der Waals surface area contributed by atoms with E-state index in [9.17, 15) is 0 Å². The van der Waals surface area contributed by atoms with Crippen LogP contribution in [0, 0.1) is 0 Å². The summed E-state index contributed by atoms with van der Waals surface area (Å²) in [6.07, 6.45) is 23.1. The van der Waals surface area contributed by atoms with Crippen molar-refractivity contribution in [2.24, 2.45) is 0 Å². The van der Waals surface area contributed by atoms with E-state index in [0.717, 1.165) is 45.8 Å². The summed E-state index contributed by atoms with van der Waals surface area (Å²) >= 11 is 0. The van der Waals surface area contributed by atoms with Gasteiger partial charge in [0.1, 0.15) is 0 Å². The van der Waals surface area contributed by atoms with Crippen molar-refractivity contribution in [3.8, 4) is 11.1 Å². The third-order valence-electron chi connectivity index (χ3n) is 6.46. The Bertz CT molecular complexity index is 1540. The summed E-state index contributed by atoms with van der Waals surface area (Å²) in [5.41, 5.74) is 10.4. The van der Waals surface area contributed by atoms with Crippen LogP contribution in [0.15, 0.2) is 176 Å². The highest BCUT2D eigenvalue weighted by atomic mass is 14.9. The Morgan fingerprint density at radius 3 is 2.40 bits per heavy atom. The quantitative estimate of drug-likeness (QED) is 0.274. The number of hydrogen-bond acceptors (Lipinski definition) is 2. The molecule has 3 aromatic carbocycles. The fourth-order valence-electron chi connectivity index (χ4n) is 4.24. The van der Waals surface area contributed by atoms with E-state index < -0.39 is 0 Å². The molecule has 0 aromatic heterocycles. The molecule has 0 fully saturated rings. The highest BCUT2D eigenvalue weighted by Crippen LogP contribution is 2.28. The zero-order valence-corrected chi connectivity index (χ0v) is 23.1. The van der Waals surface area contributed by atoms with Gasteiger partial charge in [0.15, 0.2) is 0 Å². The predicted octanol–water partition coefficient (Wildman–Crippen LogP) is 10.2. The van der Waals surface area contributed by atoms with Gasteiger partial charge in [-0.05, 0) is 94.8 Å². The van der Waals surface area contributed by atoms with Gasteiger partial charge in [0.05, 0.1) is 0 Å². The number of rotatable bonds is 9. The lowest BCUT2D eigenvalue weighted by atomic mass is 9.96. The molecular formula is C38H36N2. The van der Waals surface area contributed by atoms with Gasteiger partial charge in [-0.3, -0.25) is 0 Å². The lowest BCUT2D eigenvalue weighted by Gasteiger charge is -2.14. The number of nitrogens with one attached hydrogen (secondary N) is 2. The maximum Gasteiger partial charge on any atom is 0.0420 e. The van der Waals surface area contributed by atoms with E-state index in [4.69, 9.17) is 0 Å². The van der Waals surface area contributed by atoms with Gasteiger partial charge >= 0.3 is 0 Å². The van der Waals surface area contributed by atoms with Crippen molar-refractivity contribution in [1.82, 2.24) is 0 Å². The van der Waals surface area contributed by atoms with Gasteiger partial charge in [-0.1, -0.05) is 111 Å². The summed E-state index contributed by atoms with van der Waals surface area (Å²) < 4.78 is 0. The van der Waals surface area contributed by atoms with Crippen LogP contribution >= 0.6 is 0 Å². The number of allylic oxidation sites excluding steroid dienone is 13. The number of hydrogen-bond donors (Lipinski definition) is 2. The van der Waals surface area contributed by atoms with Gasteiger partial charge in [-0.2, -0.15) is 0 Å².